The van der Waals surface area contributed by atoms with Crippen molar-refractivity contribution in [2.75, 3.05) is 18.5 Å². The highest BCUT2D eigenvalue weighted by atomic mass is 32.1. The molecule has 0 saturated carbocycles. The first-order valence-electron chi connectivity index (χ1n) is 5.80. The molecule has 1 aromatic carbocycles. The SMILES string of the molecule is CCOCC(C)Nc1c(C)cccc1C(N)=S. The number of aryl methyl sites for hydroxylation is 1. The molecule has 1 aromatic rings. The van der Waals surface area contributed by atoms with E-state index in [0.717, 1.165) is 23.4 Å². The molecule has 0 fully saturated rings. The van der Waals surface area contributed by atoms with E-state index >= 15 is 0 Å². The van der Waals surface area contributed by atoms with E-state index in [0.29, 0.717) is 11.6 Å². The molecule has 0 aliphatic rings. The highest BCUT2D eigenvalue weighted by Gasteiger charge is 2.10. The smallest absolute Gasteiger partial charge is 0.106 e. The van der Waals surface area contributed by atoms with Crippen molar-refractivity contribution < 1.29 is 4.74 Å². The summed E-state index contributed by atoms with van der Waals surface area (Å²) in [6, 6.07) is 6.16. The van der Waals surface area contributed by atoms with E-state index in [-0.39, 0.29) is 6.04 Å². The van der Waals surface area contributed by atoms with Gasteiger partial charge < -0.3 is 15.8 Å². The van der Waals surface area contributed by atoms with Gasteiger partial charge in [-0.2, -0.15) is 0 Å². The van der Waals surface area contributed by atoms with E-state index < -0.39 is 0 Å². The second-order valence-corrected chi connectivity index (χ2v) is 4.51. The largest absolute Gasteiger partial charge is 0.389 e. The zero-order valence-electron chi connectivity index (χ0n) is 10.6. The Bertz CT molecular complexity index is 393. The highest BCUT2D eigenvalue weighted by Crippen LogP contribution is 2.21. The van der Waals surface area contributed by atoms with Crippen LogP contribution in [0.15, 0.2) is 18.2 Å². The maximum atomic E-state index is 5.72. The van der Waals surface area contributed by atoms with Crippen LogP contribution in [-0.4, -0.2) is 24.2 Å². The topological polar surface area (TPSA) is 47.3 Å². The van der Waals surface area contributed by atoms with Crippen molar-refractivity contribution in [2.45, 2.75) is 26.8 Å². The minimum absolute atomic E-state index is 0.226. The molecule has 0 aliphatic carbocycles. The van der Waals surface area contributed by atoms with Gasteiger partial charge in [0.25, 0.3) is 0 Å². The molecule has 0 aliphatic heterocycles. The fourth-order valence-electron chi connectivity index (χ4n) is 1.65. The van der Waals surface area contributed by atoms with Gasteiger partial charge in [0.2, 0.25) is 0 Å². The van der Waals surface area contributed by atoms with Crippen LogP contribution in [0.3, 0.4) is 0 Å². The number of nitrogens with one attached hydrogen (secondary N) is 1. The van der Waals surface area contributed by atoms with Gasteiger partial charge in [0.05, 0.1) is 6.61 Å². The molecule has 94 valence electrons. The molecule has 1 rings (SSSR count). The number of hydrogen-bond donors (Lipinski definition) is 2. The minimum atomic E-state index is 0.226. The number of ether oxygens (including phenoxy) is 1. The molecule has 0 saturated heterocycles. The number of anilines is 1. The Labute approximate surface area is 108 Å². The summed E-state index contributed by atoms with van der Waals surface area (Å²) in [6.07, 6.45) is 0. The average molecular weight is 252 g/mol. The lowest BCUT2D eigenvalue weighted by atomic mass is 10.1. The van der Waals surface area contributed by atoms with Gasteiger partial charge in [-0.25, -0.2) is 0 Å². The van der Waals surface area contributed by atoms with Crippen LogP contribution >= 0.6 is 12.2 Å². The van der Waals surface area contributed by atoms with Crippen LogP contribution in [0.2, 0.25) is 0 Å². The molecular weight excluding hydrogens is 232 g/mol. The number of para-hydroxylation sites is 1. The molecule has 4 heteroatoms. The maximum absolute atomic E-state index is 5.72. The van der Waals surface area contributed by atoms with Gasteiger partial charge in [0.1, 0.15) is 4.99 Å². The van der Waals surface area contributed by atoms with Crippen molar-refractivity contribution in [3.8, 4) is 0 Å². The zero-order valence-corrected chi connectivity index (χ0v) is 11.4. The van der Waals surface area contributed by atoms with Crippen LogP contribution in [-0.2, 0) is 4.74 Å². The molecule has 1 unspecified atom stereocenters. The molecule has 0 radical (unpaired) electrons. The summed E-state index contributed by atoms with van der Waals surface area (Å²) in [5, 5.41) is 3.40. The number of nitrogens with two attached hydrogens (primary N) is 1. The van der Waals surface area contributed by atoms with Gasteiger partial charge >= 0.3 is 0 Å². The normalized spacial score (nSPS) is 12.2. The first-order valence-corrected chi connectivity index (χ1v) is 6.20. The van der Waals surface area contributed by atoms with Gasteiger partial charge in [0.15, 0.2) is 0 Å². The Morgan fingerprint density at radius 3 is 2.82 bits per heavy atom. The molecule has 17 heavy (non-hydrogen) atoms. The Kier molecular flexibility index (Phi) is 5.38. The summed E-state index contributed by atoms with van der Waals surface area (Å²) in [4.78, 5) is 0.416. The Balaban J connectivity index is 2.85. The van der Waals surface area contributed by atoms with Crippen molar-refractivity contribution in [1.82, 2.24) is 0 Å². The predicted molar refractivity (Wildman–Crippen MR) is 76.6 cm³/mol. The molecular formula is C13H20N2OS. The van der Waals surface area contributed by atoms with E-state index in [1.807, 2.05) is 32.0 Å². The summed E-state index contributed by atoms with van der Waals surface area (Å²) < 4.78 is 5.38. The maximum Gasteiger partial charge on any atom is 0.106 e. The molecule has 1 atom stereocenters. The number of benzene rings is 1. The molecule has 0 spiro atoms. The molecule has 3 nitrogen and oxygen atoms in total. The lowest BCUT2D eigenvalue weighted by Gasteiger charge is -2.19. The second kappa shape index (κ2) is 6.57. The first kappa shape index (κ1) is 13.9. The summed E-state index contributed by atoms with van der Waals surface area (Å²) in [6.45, 7) is 7.49. The van der Waals surface area contributed by atoms with Crippen molar-refractivity contribution in [2.24, 2.45) is 5.73 Å². The Hall–Kier alpha value is -1.13. The van der Waals surface area contributed by atoms with Gasteiger partial charge in [0, 0.05) is 23.9 Å². The Morgan fingerprint density at radius 1 is 1.53 bits per heavy atom. The molecule has 0 bridgehead atoms. The van der Waals surface area contributed by atoms with Gasteiger partial charge in [-0.3, -0.25) is 0 Å². The highest BCUT2D eigenvalue weighted by molar-refractivity contribution is 7.80. The van der Waals surface area contributed by atoms with Crippen LogP contribution in [0.25, 0.3) is 0 Å². The molecule has 3 N–H and O–H groups in total. The van der Waals surface area contributed by atoms with E-state index in [1.54, 1.807) is 0 Å². The standard InChI is InChI=1S/C13H20N2OS/c1-4-16-8-10(3)15-12-9(2)6-5-7-11(12)13(14)17/h5-7,10,15H,4,8H2,1-3H3,(H2,14,17). The predicted octanol–water partition coefficient (Wildman–Crippen LogP) is 2.47. The van der Waals surface area contributed by atoms with Gasteiger partial charge in [-0.1, -0.05) is 24.4 Å². The van der Waals surface area contributed by atoms with Gasteiger partial charge in [-0.15, -0.1) is 0 Å². The average Bonchev–Trinajstić information content (AvgIpc) is 2.28. The third kappa shape index (κ3) is 3.98. The molecule has 0 amide bonds. The van der Waals surface area contributed by atoms with Crippen LogP contribution < -0.4 is 11.1 Å². The van der Waals surface area contributed by atoms with Crippen LogP contribution in [0.1, 0.15) is 25.0 Å². The van der Waals surface area contributed by atoms with E-state index in [1.165, 1.54) is 0 Å². The van der Waals surface area contributed by atoms with E-state index in [4.69, 9.17) is 22.7 Å². The lowest BCUT2D eigenvalue weighted by Crippen LogP contribution is -2.24. The summed E-state index contributed by atoms with van der Waals surface area (Å²) in [7, 11) is 0. The summed E-state index contributed by atoms with van der Waals surface area (Å²) in [5.41, 5.74) is 8.76. The second-order valence-electron chi connectivity index (χ2n) is 4.07. The number of thiocarbonyl (C=S) groups is 1. The van der Waals surface area contributed by atoms with Crippen molar-refractivity contribution >= 4 is 22.9 Å². The van der Waals surface area contributed by atoms with Crippen molar-refractivity contribution in [3.63, 3.8) is 0 Å². The summed E-state index contributed by atoms with van der Waals surface area (Å²) >= 11 is 5.06. The lowest BCUT2D eigenvalue weighted by molar-refractivity contribution is 0.141. The number of rotatable bonds is 6. The minimum Gasteiger partial charge on any atom is -0.389 e. The third-order valence-corrected chi connectivity index (χ3v) is 2.72. The van der Waals surface area contributed by atoms with E-state index in [9.17, 15) is 0 Å². The zero-order chi connectivity index (χ0) is 12.8. The summed E-state index contributed by atoms with van der Waals surface area (Å²) in [5.74, 6) is 0. The molecule has 0 aromatic heterocycles. The third-order valence-electron chi connectivity index (χ3n) is 2.50. The van der Waals surface area contributed by atoms with Gasteiger partial charge in [-0.05, 0) is 32.4 Å². The Morgan fingerprint density at radius 2 is 2.24 bits per heavy atom. The fraction of sp³-hybridized carbons (Fsp3) is 0.462. The first-order chi connectivity index (χ1) is 8.06. The fourth-order valence-corrected chi connectivity index (χ4v) is 1.82. The van der Waals surface area contributed by atoms with Crippen molar-refractivity contribution in [1.29, 1.82) is 0 Å². The van der Waals surface area contributed by atoms with Crippen LogP contribution in [0.5, 0.6) is 0 Å². The van der Waals surface area contributed by atoms with Crippen LogP contribution in [0, 0.1) is 6.92 Å². The van der Waals surface area contributed by atoms with Crippen LogP contribution in [0.4, 0.5) is 5.69 Å². The molecule has 0 heterocycles. The quantitative estimate of drug-likeness (QED) is 0.764. The van der Waals surface area contributed by atoms with E-state index in [2.05, 4.69) is 12.2 Å². The van der Waals surface area contributed by atoms with Crippen molar-refractivity contribution in [3.05, 3.63) is 29.3 Å². The monoisotopic (exact) mass is 252 g/mol. The number of hydrogen-bond acceptors (Lipinski definition) is 3.